The van der Waals surface area contributed by atoms with Crippen molar-refractivity contribution in [3.8, 4) is 5.75 Å². The maximum atomic E-state index is 5.97. The maximum absolute atomic E-state index is 5.97. The highest BCUT2D eigenvalue weighted by Crippen LogP contribution is 2.33. The molecule has 0 aliphatic carbocycles. The van der Waals surface area contributed by atoms with Gasteiger partial charge in [0, 0.05) is 0 Å². The second kappa shape index (κ2) is 4.84. The average molecular weight is 221 g/mol. The van der Waals surface area contributed by atoms with Crippen LogP contribution in [-0.4, -0.2) is 9.76 Å². The molecule has 1 nitrogen and oxygen atoms in total. The van der Waals surface area contributed by atoms with Crippen molar-refractivity contribution >= 4 is 9.76 Å². The summed E-state index contributed by atoms with van der Waals surface area (Å²) in [4.78, 5) is 0. The molecule has 0 saturated carbocycles. The highest BCUT2D eigenvalue weighted by molar-refractivity contribution is 6.33. The molecule has 0 aliphatic heterocycles. The molecule has 0 heterocycles. The Kier molecular flexibility index (Phi) is 3.97. The summed E-state index contributed by atoms with van der Waals surface area (Å²) in [5.74, 6) is 1.69. The van der Waals surface area contributed by atoms with Gasteiger partial charge >= 0.3 is 0 Å². The molecule has 1 radical (unpaired) electrons. The average Bonchev–Trinajstić information content (AvgIpc) is 2.16. The van der Waals surface area contributed by atoms with E-state index in [4.69, 9.17) is 4.43 Å². The van der Waals surface area contributed by atoms with Gasteiger partial charge in [-0.1, -0.05) is 39.8 Å². The molecule has 1 rings (SSSR count). The minimum Gasteiger partial charge on any atom is -0.549 e. The topological polar surface area (TPSA) is 9.23 Å². The molecule has 0 fully saturated rings. The lowest BCUT2D eigenvalue weighted by molar-refractivity contribution is 0.427. The summed E-state index contributed by atoms with van der Waals surface area (Å²) in [6.07, 6.45) is 0. The Morgan fingerprint density at radius 2 is 2.07 bits per heavy atom. The second-order valence-electron chi connectivity index (χ2n) is 5.12. The first-order chi connectivity index (χ1) is 6.93. The fourth-order valence-electron chi connectivity index (χ4n) is 1.08. The summed E-state index contributed by atoms with van der Waals surface area (Å²) >= 11 is 0. The van der Waals surface area contributed by atoms with Crippen LogP contribution >= 0.6 is 0 Å². The third-order valence-corrected chi connectivity index (χ3v) is 5.21. The van der Waals surface area contributed by atoms with Gasteiger partial charge in [0.1, 0.15) is 5.75 Å². The molecular weight excluding hydrogens is 200 g/mol. The van der Waals surface area contributed by atoms with Crippen molar-refractivity contribution in [2.75, 3.05) is 0 Å². The van der Waals surface area contributed by atoms with E-state index >= 15 is 0 Å². The molecule has 2 heteroatoms. The van der Waals surface area contributed by atoms with Gasteiger partial charge in [-0.2, -0.15) is 0 Å². The van der Waals surface area contributed by atoms with Crippen LogP contribution in [-0.2, 0) is 0 Å². The standard InChI is InChI=1S/C13H21OSi/c1-10(2)13(4,5)15-14-12-9-7-6-8-11(12)3/h6,8-10H,15H2,1-5H3. The van der Waals surface area contributed by atoms with Gasteiger partial charge in [0.15, 0.2) is 0 Å². The number of aryl methyl sites for hydroxylation is 1. The highest BCUT2D eigenvalue weighted by atomic mass is 28.2. The zero-order valence-electron chi connectivity index (χ0n) is 10.4. The van der Waals surface area contributed by atoms with Crippen molar-refractivity contribution in [3.63, 3.8) is 0 Å². The molecule has 0 spiro atoms. The molecule has 0 atom stereocenters. The van der Waals surface area contributed by atoms with E-state index in [0.717, 1.165) is 5.75 Å². The van der Waals surface area contributed by atoms with Crippen LogP contribution in [0, 0.1) is 18.9 Å². The van der Waals surface area contributed by atoms with Crippen molar-refractivity contribution in [1.29, 1.82) is 0 Å². The first-order valence-electron chi connectivity index (χ1n) is 5.53. The summed E-state index contributed by atoms with van der Waals surface area (Å²) in [5.41, 5.74) is 1.21. The summed E-state index contributed by atoms with van der Waals surface area (Å²) in [6.45, 7) is 11.2. The minimum atomic E-state index is -0.548. The van der Waals surface area contributed by atoms with Crippen molar-refractivity contribution in [2.45, 2.75) is 39.7 Å². The predicted octanol–water partition coefficient (Wildman–Crippen LogP) is 3.11. The van der Waals surface area contributed by atoms with Gasteiger partial charge in [0.2, 0.25) is 9.76 Å². The Balaban J connectivity index is 2.62. The number of rotatable bonds is 4. The summed E-state index contributed by atoms with van der Waals surface area (Å²) in [7, 11) is -0.548. The molecule has 1 aromatic carbocycles. The first kappa shape index (κ1) is 12.3. The van der Waals surface area contributed by atoms with E-state index in [1.807, 2.05) is 18.2 Å². The molecule has 1 aromatic rings. The summed E-state index contributed by atoms with van der Waals surface area (Å²) in [5, 5.41) is 0.349. The molecule has 0 aliphatic rings. The largest absolute Gasteiger partial charge is 0.549 e. The van der Waals surface area contributed by atoms with Gasteiger partial charge in [-0.25, -0.2) is 0 Å². The predicted molar refractivity (Wildman–Crippen MR) is 68.1 cm³/mol. The van der Waals surface area contributed by atoms with Crippen LogP contribution in [0.3, 0.4) is 0 Å². The van der Waals surface area contributed by atoms with Crippen LogP contribution < -0.4 is 4.43 Å². The Morgan fingerprint density at radius 1 is 1.40 bits per heavy atom. The van der Waals surface area contributed by atoms with E-state index in [2.05, 4.69) is 40.7 Å². The lowest BCUT2D eigenvalue weighted by Gasteiger charge is -2.28. The lowest BCUT2D eigenvalue weighted by Crippen LogP contribution is -2.24. The molecule has 0 amide bonds. The normalized spacial score (nSPS) is 12.7. The minimum absolute atomic E-state index is 0.349. The van der Waals surface area contributed by atoms with Gasteiger partial charge in [-0.15, -0.1) is 0 Å². The number of hydrogen-bond acceptors (Lipinski definition) is 1. The lowest BCUT2D eigenvalue weighted by atomic mass is 9.99. The number of hydrogen-bond donors (Lipinski definition) is 0. The maximum Gasteiger partial charge on any atom is 0.225 e. The van der Waals surface area contributed by atoms with Crippen molar-refractivity contribution in [3.05, 3.63) is 29.8 Å². The third kappa shape index (κ3) is 3.38. The number of benzene rings is 1. The van der Waals surface area contributed by atoms with Gasteiger partial charge in [-0.05, 0) is 35.6 Å². The van der Waals surface area contributed by atoms with E-state index in [9.17, 15) is 0 Å². The fraction of sp³-hybridized carbons (Fsp3) is 0.538. The van der Waals surface area contributed by atoms with Crippen molar-refractivity contribution in [2.24, 2.45) is 5.92 Å². The first-order valence-corrected chi connectivity index (χ1v) is 6.81. The summed E-state index contributed by atoms with van der Waals surface area (Å²) in [6, 6.07) is 8.98. The SMILES string of the molecule is Cc1cc[c]cc1O[SiH2]C(C)(C)C(C)C. The van der Waals surface area contributed by atoms with Crippen molar-refractivity contribution < 1.29 is 4.43 Å². The molecule has 0 aromatic heterocycles. The molecule has 15 heavy (non-hydrogen) atoms. The van der Waals surface area contributed by atoms with E-state index in [1.165, 1.54) is 5.56 Å². The zero-order chi connectivity index (χ0) is 11.5. The quantitative estimate of drug-likeness (QED) is 0.710. The Morgan fingerprint density at radius 3 is 2.60 bits per heavy atom. The van der Waals surface area contributed by atoms with E-state index in [-0.39, 0.29) is 0 Å². The monoisotopic (exact) mass is 221 g/mol. The van der Waals surface area contributed by atoms with E-state index in [1.54, 1.807) is 0 Å². The Labute approximate surface area is 95.8 Å². The second-order valence-corrected chi connectivity index (χ2v) is 7.52. The zero-order valence-corrected chi connectivity index (χ0v) is 11.8. The van der Waals surface area contributed by atoms with Crippen LogP contribution in [0.4, 0.5) is 0 Å². The third-order valence-electron chi connectivity index (χ3n) is 3.20. The van der Waals surface area contributed by atoms with Crippen LogP contribution in [0.25, 0.3) is 0 Å². The fourth-order valence-corrected chi connectivity index (χ4v) is 2.25. The van der Waals surface area contributed by atoms with Gasteiger partial charge in [-0.3, -0.25) is 0 Å². The van der Waals surface area contributed by atoms with Crippen LogP contribution in [0.15, 0.2) is 18.2 Å². The molecule has 83 valence electrons. The van der Waals surface area contributed by atoms with Crippen LogP contribution in [0.2, 0.25) is 5.04 Å². The molecule has 0 unspecified atom stereocenters. The van der Waals surface area contributed by atoms with E-state index < -0.39 is 9.76 Å². The van der Waals surface area contributed by atoms with Gasteiger partial charge in [0.25, 0.3) is 0 Å². The molecular formula is C13H21OSi. The Hall–Kier alpha value is -0.763. The molecule has 0 saturated heterocycles. The summed E-state index contributed by atoms with van der Waals surface area (Å²) < 4.78 is 5.97. The molecule has 0 N–H and O–H groups in total. The smallest absolute Gasteiger partial charge is 0.225 e. The molecule has 0 bridgehead atoms. The van der Waals surface area contributed by atoms with Crippen LogP contribution in [0.5, 0.6) is 5.75 Å². The van der Waals surface area contributed by atoms with Gasteiger partial charge in [0.05, 0.1) is 0 Å². The Bertz CT molecular complexity index is 318. The van der Waals surface area contributed by atoms with Crippen molar-refractivity contribution in [1.82, 2.24) is 0 Å². The van der Waals surface area contributed by atoms with Gasteiger partial charge < -0.3 is 4.43 Å². The highest BCUT2D eigenvalue weighted by Gasteiger charge is 2.24. The van der Waals surface area contributed by atoms with Crippen LogP contribution in [0.1, 0.15) is 33.3 Å². The van der Waals surface area contributed by atoms with E-state index in [0.29, 0.717) is 11.0 Å².